The van der Waals surface area contributed by atoms with E-state index in [2.05, 4.69) is 30.0 Å². The molecule has 1 N–H and O–H groups in total. The molecule has 1 heterocycles. The van der Waals surface area contributed by atoms with E-state index in [-0.39, 0.29) is 6.61 Å². The second-order valence-electron chi connectivity index (χ2n) is 4.29. The minimum Gasteiger partial charge on any atom is -0.396 e. The van der Waals surface area contributed by atoms with Gasteiger partial charge in [-0.3, -0.25) is 0 Å². The lowest BCUT2D eigenvalue weighted by Gasteiger charge is -2.20. The Balaban J connectivity index is 2.18. The zero-order valence-electron chi connectivity index (χ0n) is 9.37. The number of hydrogen-bond acceptors (Lipinski definition) is 2. The summed E-state index contributed by atoms with van der Waals surface area (Å²) in [7, 11) is 0. The molecule has 2 heteroatoms. The van der Waals surface area contributed by atoms with Crippen LogP contribution in [0, 0.1) is 6.92 Å². The molecule has 2 rings (SSSR count). The third kappa shape index (κ3) is 2.32. The first-order valence-electron chi connectivity index (χ1n) is 5.76. The minimum atomic E-state index is 0.239. The van der Waals surface area contributed by atoms with E-state index in [9.17, 15) is 0 Å². The molecule has 15 heavy (non-hydrogen) atoms. The summed E-state index contributed by atoms with van der Waals surface area (Å²) < 4.78 is 0. The van der Waals surface area contributed by atoms with Gasteiger partial charge >= 0.3 is 0 Å². The normalized spacial score (nSPS) is 16.0. The third-order valence-corrected chi connectivity index (χ3v) is 3.11. The Morgan fingerprint density at radius 3 is 2.60 bits per heavy atom. The van der Waals surface area contributed by atoms with Gasteiger partial charge in [0.05, 0.1) is 0 Å². The molecule has 1 aromatic rings. The molecule has 2 nitrogen and oxygen atoms in total. The van der Waals surface area contributed by atoms with Crippen molar-refractivity contribution in [2.24, 2.45) is 0 Å². The number of aliphatic hydroxyl groups is 1. The van der Waals surface area contributed by atoms with Gasteiger partial charge in [-0.05, 0) is 43.4 Å². The van der Waals surface area contributed by atoms with Gasteiger partial charge in [0, 0.05) is 25.4 Å². The Labute approximate surface area is 91.5 Å². The molecule has 1 saturated heterocycles. The highest BCUT2D eigenvalue weighted by Gasteiger charge is 2.13. The molecule has 1 fully saturated rings. The smallest absolute Gasteiger partial charge is 0.0471 e. The van der Waals surface area contributed by atoms with E-state index >= 15 is 0 Å². The highest BCUT2D eigenvalue weighted by atomic mass is 16.2. The van der Waals surface area contributed by atoms with Crippen molar-refractivity contribution in [2.45, 2.75) is 26.2 Å². The fraction of sp³-hybridized carbons (Fsp3) is 0.538. The Morgan fingerprint density at radius 1 is 1.27 bits per heavy atom. The van der Waals surface area contributed by atoms with Gasteiger partial charge in [-0.15, -0.1) is 0 Å². The van der Waals surface area contributed by atoms with Crippen LogP contribution >= 0.6 is 0 Å². The molecular formula is C13H19NO. The molecular weight excluding hydrogens is 186 g/mol. The van der Waals surface area contributed by atoms with E-state index in [1.807, 2.05) is 0 Å². The number of aryl methyl sites for hydroxylation is 1. The monoisotopic (exact) mass is 205 g/mol. The summed E-state index contributed by atoms with van der Waals surface area (Å²) in [5.74, 6) is 0. The lowest BCUT2D eigenvalue weighted by Crippen LogP contribution is -2.18. The molecule has 82 valence electrons. The van der Waals surface area contributed by atoms with Crippen LogP contribution in [0.2, 0.25) is 0 Å². The van der Waals surface area contributed by atoms with Crippen molar-refractivity contribution in [3.63, 3.8) is 0 Å². The van der Waals surface area contributed by atoms with Crippen molar-refractivity contribution in [1.82, 2.24) is 0 Å². The molecule has 0 amide bonds. The summed E-state index contributed by atoms with van der Waals surface area (Å²) in [5.41, 5.74) is 3.94. The highest BCUT2D eigenvalue weighted by molar-refractivity contribution is 5.55. The van der Waals surface area contributed by atoms with Crippen molar-refractivity contribution in [2.75, 3.05) is 24.6 Å². The Kier molecular flexibility index (Phi) is 3.27. The lowest BCUT2D eigenvalue weighted by atomic mass is 10.1. The molecule has 0 aromatic heterocycles. The fourth-order valence-corrected chi connectivity index (χ4v) is 2.32. The molecule has 0 saturated carbocycles. The largest absolute Gasteiger partial charge is 0.396 e. The second-order valence-corrected chi connectivity index (χ2v) is 4.29. The summed E-state index contributed by atoms with van der Waals surface area (Å²) in [6, 6.07) is 6.53. The van der Waals surface area contributed by atoms with Crippen LogP contribution in [0.15, 0.2) is 18.2 Å². The van der Waals surface area contributed by atoms with Gasteiger partial charge in [0.15, 0.2) is 0 Å². The summed E-state index contributed by atoms with van der Waals surface area (Å²) >= 11 is 0. The Morgan fingerprint density at radius 2 is 2.00 bits per heavy atom. The topological polar surface area (TPSA) is 23.5 Å². The zero-order chi connectivity index (χ0) is 10.7. The van der Waals surface area contributed by atoms with E-state index < -0.39 is 0 Å². The van der Waals surface area contributed by atoms with Crippen molar-refractivity contribution < 1.29 is 5.11 Å². The van der Waals surface area contributed by atoms with Crippen molar-refractivity contribution in [3.8, 4) is 0 Å². The van der Waals surface area contributed by atoms with Crippen LogP contribution in [0.25, 0.3) is 0 Å². The van der Waals surface area contributed by atoms with E-state index in [1.54, 1.807) is 0 Å². The van der Waals surface area contributed by atoms with Crippen LogP contribution < -0.4 is 4.90 Å². The summed E-state index contributed by atoms with van der Waals surface area (Å²) in [4.78, 5) is 2.46. The van der Waals surface area contributed by atoms with Gasteiger partial charge in [0.25, 0.3) is 0 Å². The number of anilines is 1. The maximum absolute atomic E-state index is 8.88. The van der Waals surface area contributed by atoms with Crippen molar-refractivity contribution in [1.29, 1.82) is 0 Å². The molecule has 1 aromatic carbocycles. The number of hydrogen-bond donors (Lipinski definition) is 1. The number of rotatable bonds is 3. The molecule has 1 aliphatic rings. The van der Waals surface area contributed by atoms with Gasteiger partial charge < -0.3 is 10.0 Å². The van der Waals surface area contributed by atoms with Gasteiger partial charge in [-0.25, -0.2) is 0 Å². The SMILES string of the molecule is Cc1cc(CCO)ccc1N1CCCC1. The highest BCUT2D eigenvalue weighted by Crippen LogP contribution is 2.25. The zero-order valence-corrected chi connectivity index (χ0v) is 9.37. The molecule has 0 unspecified atom stereocenters. The van der Waals surface area contributed by atoms with Crippen molar-refractivity contribution >= 4 is 5.69 Å². The number of benzene rings is 1. The fourth-order valence-electron chi connectivity index (χ4n) is 2.32. The molecule has 0 atom stereocenters. The van der Waals surface area contributed by atoms with E-state index in [1.165, 1.54) is 42.7 Å². The molecule has 0 aliphatic carbocycles. The molecule has 1 aliphatic heterocycles. The van der Waals surface area contributed by atoms with Crippen molar-refractivity contribution in [3.05, 3.63) is 29.3 Å². The first-order valence-corrected chi connectivity index (χ1v) is 5.76. The number of nitrogens with zero attached hydrogens (tertiary/aromatic N) is 1. The maximum atomic E-state index is 8.88. The first kappa shape index (κ1) is 10.5. The van der Waals surface area contributed by atoms with Crippen LogP contribution in [0.4, 0.5) is 5.69 Å². The van der Waals surface area contributed by atoms with Crippen LogP contribution in [0.5, 0.6) is 0 Å². The van der Waals surface area contributed by atoms with E-state index in [0.29, 0.717) is 0 Å². The predicted molar refractivity (Wildman–Crippen MR) is 63.4 cm³/mol. The lowest BCUT2D eigenvalue weighted by molar-refractivity contribution is 0.299. The van der Waals surface area contributed by atoms with E-state index in [4.69, 9.17) is 5.11 Å². The average molecular weight is 205 g/mol. The number of aliphatic hydroxyl groups excluding tert-OH is 1. The van der Waals surface area contributed by atoms with Gasteiger partial charge in [-0.2, -0.15) is 0 Å². The Hall–Kier alpha value is -1.02. The molecule has 0 bridgehead atoms. The standard InChI is InChI=1S/C13H19NO/c1-11-10-12(6-9-15)4-5-13(11)14-7-2-3-8-14/h4-5,10,15H,2-3,6-9H2,1H3. The second kappa shape index (κ2) is 4.67. The van der Waals surface area contributed by atoms with E-state index in [0.717, 1.165) is 6.42 Å². The minimum absolute atomic E-state index is 0.239. The quantitative estimate of drug-likeness (QED) is 0.817. The molecule has 0 spiro atoms. The van der Waals surface area contributed by atoms with Gasteiger partial charge in [0.1, 0.15) is 0 Å². The third-order valence-electron chi connectivity index (χ3n) is 3.11. The van der Waals surface area contributed by atoms with Crippen LogP contribution in [-0.4, -0.2) is 24.8 Å². The first-order chi connectivity index (χ1) is 7.31. The molecule has 0 radical (unpaired) electrons. The van der Waals surface area contributed by atoms with Gasteiger partial charge in [0.2, 0.25) is 0 Å². The maximum Gasteiger partial charge on any atom is 0.0471 e. The average Bonchev–Trinajstić information content (AvgIpc) is 2.71. The predicted octanol–water partition coefficient (Wildman–Crippen LogP) is 2.13. The summed E-state index contributed by atoms with van der Waals surface area (Å²) in [6.07, 6.45) is 3.40. The van der Waals surface area contributed by atoms with Gasteiger partial charge in [-0.1, -0.05) is 12.1 Å². The van der Waals surface area contributed by atoms with Crippen LogP contribution in [0.1, 0.15) is 24.0 Å². The van der Waals surface area contributed by atoms with Crippen LogP contribution in [0.3, 0.4) is 0 Å². The van der Waals surface area contributed by atoms with Crippen LogP contribution in [-0.2, 0) is 6.42 Å². The summed E-state index contributed by atoms with van der Waals surface area (Å²) in [6.45, 7) is 4.79. The Bertz CT molecular complexity index is 329. The summed E-state index contributed by atoms with van der Waals surface area (Å²) in [5, 5.41) is 8.88.